The number of hydrogen-bond acceptors (Lipinski definition) is 4. The van der Waals surface area contributed by atoms with Gasteiger partial charge >= 0.3 is 6.09 Å². The van der Waals surface area contributed by atoms with E-state index in [0.717, 1.165) is 0 Å². The Bertz CT molecular complexity index is 305. The highest BCUT2D eigenvalue weighted by molar-refractivity contribution is 5.68. The van der Waals surface area contributed by atoms with E-state index in [1.165, 1.54) is 4.90 Å². The Labute approximate surface area is 105 Å². The largest absolute Gasteiger partial charge is 0.444 e. The third-order valence-electron chi connectivity index (χ3n) is 2.46. The van der Waals surface area contributed by atoms with Gasteiger partial charge in [-0.2, -0.15) is 0 Å². The van der Waals surface area contributed by atoms with Crippen LogP contribution in [0.2, 0.25) is 0 Å². The van der Waals surface area contributed by atoms with Gasteiger partial charge in [-0.1, -0.05) is 0 Å². The van der Waals surface area contributed by atoms with Crippen LogP contribution in [-0.4, -0.2) is 54.9 Å². The van der Waals surface area contributed by atoms with Crippen molar-refractivity contribution < 1.29 is 23.0 Å². The van der Waals surface area contributed by atoms with Gasteiger partial charge in [0.2, 0.25) is 0 Å². The van der Waals surface area contributed by atoms with Crippen LogP contribution in [-0.2, 0) is 9.47 Å². The summed E-state index contributed by atoms with van der Waals surface area (Å²) >= 11 is 0. The topological polar surface area (TPSA) is 64.8 Å². The van der Waals surface area contributed by atoms with E-state index in [2.05, 4.69) is 0 Å². The van der Waals surface area contributed by atoms with Crippen molar-refractivity contribution in [3.63, 3.8) is 0 Å². The Morgan fingerprint density at radius 1 is 1.50 bits per heavy atom. The van der Waals surface area contributed by atoms with Crippen molar-refractivity contribution in [2.75, 3.05) is 26.2 Å². The van der Waals surface area contributed by atoms with Crippen LogP contribution in [0.15, 0.2) is 0 Å². The number of ether oxygens (including phenoxy) is 2. The molecule has 1 unspecified atom stereocenters. The lowest BCUT2D eigenvalue weighted by Gasteiger charge is -2.36. The number of carbonyl (C=O) groups excluding carboxylic acids is 1. The number of rotatable bonds is 2. The molecule has 0 aromatic heterocycles. The lowest BCUT2D eigenvalue weighted by Crippen LogP contribution is -2.55. The fourth-order valence-electron chi connectivity index (χ4n) is 1.53. The molecule has 0 spiro atoms. The summed E-state index contributed by atoms with van der Waals surface area (Å²) in [5, 5.41) is 0. The molecule has 0 aliphatic carbocycles. The van der Waals surface area contributed by atoms with Crippen molar-refractivity contribution in [2.45, 2.75) is 38.4 Å². The molecule has 1 heterocycles. The molecule has 0 bridgehead atoms. The minimum Gasteiger partial charge on any atom is -0.444 e. The summed E-state index contributed by atoms with van der Waals surface area (Å²) in [7, 11) is 0. The van der Waals surface area contributed by atoms with Crippen LogP contribution in [0.1, 0.15) is 20.8 Å². The molecule has 106 valence electrons. The van der Waals surface area contributed by atoms with Crippen LogP contribution in [0.25, 0.3) is 0 Å². The average molecular weight is 266 g/mol. The van der Waals surface area contributed by atoms with Crippen LogP contribution < -0.4 is 5.73 Å². The second-order valence-electron chi connectivity index (χ2n) is 5.25. The average Bonchev–Trinajstić information content (AvgIpc) is 2.27. The minimum atomic E-state index is -3.14. The van der Waals surface area contributed by atoms with Crippen molar-refractivity contribution in [2.24, 2.45) is 5.73 Å². The van der Waals surface area contributed by atoms with Gasteiger partial charge in [-0.05, 0) is 20.8 Å². The van der Waals surface area contributed by atoms with E-state index in [-0.39, 0.29) is 19.7 Å². The zero-order valence-corrected chi connectivity index (χ0v) is 10.9. The van der Waals surface area contributed by atoms with Crippen LogP contribution in [0.3, 0.4) is 0 Å². The van der Waals surface area contributed by atoms with Gasteiger partial charge < -0.3 is 20.1 Å². The zero-order chi connectivity index (χ0) is 14.0. The first-order valence-corrected chi connectivity index (χ1v) is 5.83. The number of hydrogen-bond donors (Lipinski definition) is 1. The molecule has 0 aromatic rings. The first kappa shape index (κ1) is 15.1. The molecule has 5 nitrogen and oxygen atoms in total. The SMILES string of the molecule is CC(C)(C)OC(=O)N1CCOC(C(F)(F)CN)C1. The third-order valence-corrected chi connectivity index (χ3v) is 2.46. The van der Waals surface area contributed by atoms with Crippen LogP contribution >= 0.6 is 0 Å². The van der Waals surface area contributed by atoms with E-state index in [0.29, 0.717) is 0 Å². The second-order valence-corrected chi connectivity index (χ2v) is 5.25. The molecule has 7 heteroatoms. The van der Waals surface area contributed by atoms with Gasteiger partial charge in [-0.3, -0.25) is 0 Å². The number of nitrogens with two attached hydrogens (primary N) is 1. The Hall–Kier alpha value is -0.950. The quantitative estimate of drug-likeness (QED) is 0.816. The fraction of sp³-hybridized carbons (Fsp3) is 0.909. The summed E-state index contributed by atoms with van der Waals surface area (Å²) in [6.45, 7) is 4.44. The molecule has 1 atom stereocenters. The second kappa shape index (κ2) is 5.36. The normalized spacial score (nSPS) is 21.9. The maximum Gasteiger partial charge on any atom is 0.410 e. The highest BCUT2D eigenvalue weighted by atomic mass is 19.3. The van der Waals surface area contributed by atoms with Gasteiger partial charge in [0.05, 0.1) is 19.7 Å². The number of alkyl halides is 2. The monoisotopic (exact) mass is 266 g/mol. The van der Waals surface area contributed by atoms with Crippen LogP contribution in [0.4, 0.5) is 13.6 Å². The van der Waals surface area contributed by atoms with Gasteiger partial charge in [0.15, 0.2) is 0 Å². The summed E-state index contributed by atoms with van der Waals surface area (Å²) in [6, 6.07) is 0. The Balaban J connectivity index is 2.61. The lowest BCUT2D eigenvalue weighted by molar-refractivity contribution is -0.158. The van der Waals surface area contributed by atoms with E-state index < -0.39 is 30.3 Å². The number of morpholine rings is 1. The first-order chi connectivity index (χ1) is 8.15. The minimum absolute atomic E-state index is 0.0551. The van der Waals surface area contributed by atoms with E-state index in [1.807, 2.05) is 0 Å². The molecule has 0 aromatic carbocycles. The Morgan fingerprint density at radius 2 is 2.11 bits per heavy atom. The standard InChI is InChI=1S/C11H20F2N2O3/c1-10(2,3)18-9(16)15-4-5-17-8(6-15)11(12,13)7-14/h8H,4-7,14H2,1-3H3. The highest BCUT2D eigenvalue weighted by Gasteiger charge is 2.43. The van der Waals surface area contributed by atoms with Gasteiger partial charge in [-0.25, -0.2) is 13.6 Å². The van der Waals surface area contributed by atoms with Crippen LogP contribution in [0, 0.1) is 0 Å². The van der Waals surface area contributed by atoms with E-state index >= 15 is 0 Å². The molecule has 1 fully saturated rings. The van der Waals surface area contributed by atoms with Crippen molar-refractivity contribution >= 4 is 6.09 Å². The summed E-state index contributed by atoms with van der Waals surface area (Å²) in [5.74, 6) is -3.14. The smallest absolute Gasteiger partial charge is 0.410 e. The maximum atomic E-state index is 13.4. The van der Waals surface area contributed by atoms with Gasteiger partial charge in [0.25, 0.3) is 5.92 Å². The van der Waals surface area contributed by atoms with Gasteiger partial charge in [-0.15, -0.1) is 0 Å². The summed E-state index contributed by atoms with van der Waals surface area (Å²) in [4.78, 5) is 13.0. The van der Waals surface area contributed by atoms with Crippen molar-refractivity contribution in [3.05, 3.63) is 0 Å². The predicted octanol–water partition coefficient (Wildman–Crippen LogP) is 1.22. The number of halogens is 2. The molecule has 1 amide bonds. The molecular weight excluding hydrogens is 246 g/mol. The number of amides is 1. The zero-order valence-electron chi connectivity index (χ0n) is 10.9. The third kappa shape index (κ3) is 4.06. The molecule has 1 aliphatic heterocycles. The van der Waals surface area contributed by atoms with Crippen LogP contribution in [0.5, 0.6) is 0 Å². The lowest BCUT2D eigenvalue weighted by atomic mass is 10.1. The predicted molar refractivity (Wildman–Crippen MR) is 61.5 cm³/mol. The fourth-order valence-corrected chi connectivity index (χ4v) is 1.53. The number of carbonyl (C=O) groups is 1. The van der Waals surface area contributed by atoms with E-state index in [1.54, 1.807) is 20.8 Å². The maximum absolute atomic E-state index is 13.4. The molecule has 2 N–H and O–H groups in total. The van der Waals surface area contributed by atoms with Gasteiger partial charge in [0.1, 0.15) is 11.7 Å². The van der Waals surface area contributed by atoms with Crippen molar-refractivity contribution in [3.8, 4) is 0 Å². The molecule has 0 radical (unpaired) electrons. The Kier molecular flexibility index (Phi) is 4.50. The molecule has 1 aliphatic rings. The number of nitrogens with zero attached hydrogens (tertiary/aromatic N) is 1. The van der Waals surface area contributed by atoms with E-state index in [4.69, 9.17) is 15.2 Å². The molecule has 18 heavy (non-hydrogen) atoms. The highest BCUT2D eigenvalue weighted by Crippen LogP contribution is 2.24. The Morgan fingerprint density at radius 3 is 2.61 bits per heavy atom. The molecule has 1 rings (SSSR count). The molecule has 0 saturated carbocycles. The summed E-state index contributed by atoms with van der Waals surface area (Å²) in [6.07, 6.45) is -1.98. The summed E-state index contributed by atoms with van der Waals surface area (Å²) < 4.78 is 36.9. The van der Waals surface area contributed by atoms with Gasteiger partial charge in [0, 0.05) is 6.54 Å². The van der Waals surface area contributed by atoms with E-state index in [9.17, 15) is 13.6 Å². The first-order valence-electron chi connectivity index (χ1n) is 5.83. The molecular formula is C11H20F2N2O3. The summed E-state index contributed by atoms with van der Waals surface area (Å²) in [5.41, 5.74) is 4.34. The molecule has 1 saturated heterocycles. The van der Waals surface area contributed by atoms with Crippen molar-refractivity contribution in [1.29, 1.82) is 0 Å². The van der Waals surface area contributed by atoms with Crippen molar-refractivity contribution in [1.82, 2.24) is 4.90 Å².